The SMILES string of the molecule is NCC1CCN(CC(O)Cc2ccccc2)C1. The van der Waals surface area contributed by atoms with Gasteiger partial charge >= 0.3 is 0 Å². The molecule has 1 aromatic rings. The van der Waals surface area contributed by atoms with Crippen molar-refractivity contribution in [3.05, 3.63) is 35.9 Å². The van der Waals surface area contributed by atoms with Crippen LogP contribution >= 0.6 is 0 Å². The van der Waals surface area contributed by atoms with Gasteiger partial charge in [0.25, 0.3) is 0 Å². The Balaban J connectivity index is 1.76. The van der Waals surface area contributed by atoms with Crippen molar-refractivity contribution in [2.75, 3.05) is 26.2 Å². The Morgan fingerprint density at radius 2 is 2.12 bits per heavy atom. The van der Waals surface area contributed by atoms with Gasteiger partial charge in [-0.2, -0.15) is 0 Å². The highest BCUT2D eigenvalue weighted by molar-refractivity contribution is 5.15. The summed E-state index contributed by atoms with van der Waals surface area (Å²) in [5, 5.41) is 10.0. The van der Waals surface area contributed by atoms with E-state index in [4.69, 9.17) is 5.73 Å². The lowest BCUT2D eigenvalue weighted by molar-refractivity contribution is 0.123. The van der Waals surface area contributed by atoms with Gasteiger partial charge in [-0.05, 0) is 37.4 Å². The van der Waals surface area contributed by atoms with Crippen LogP contribution in [0.15, 0.2) is 30.3 Å². The van der Waals surface area contributed by atoms with Crippen LogP contribution in [0, 0.1) is 5.92 Å². The lowest BCUT2D eigenvalue weighted by Gasteiger charge is -2.20. The first-order chi connectivity index (χ1) is 8.28. The first-order valence-corrected chi connectivity index (χ1v) is 6.42. The number of β-amino-alcohol motifs (C(OH)–C–C–N with tert-alkyl or cyclic N) is 1. The largest absolute Gasteiger partial charge is 0.391 e. The fraction of sp³-hybridized carbons (Fsp3) is 0.571. The molecule has 0 spiro atoms. The third-order valence-corrected chi connectivity index (χ3v) is 3.49. The molecule has 1 fully saturated rings. The van der Waals surface area contributed by atoms with E-state index in [2.05, 4.69) is 17.0 Å². The average molecular weight is 234 g/mol. The summed E-state index contributed by atoms with van der Waals surface area (Å²) in [4.78, 5) is 2.32. The molecule has 94 valence electrons. The minimum absolute atomic E-state index is 0.270. The molecule has 2 atom stereocenters. The molecular formula is C14H22N2O. The normalized spacial score (nSPS) is 22.8. The smallest absolute Gasteiger partial charge is 0.0707 e. The number of aliphatic hydroxyl groups is 1. The van der Waals surface area contributed by atoms with Gasteiger partial charge in [0.15, 0.2) is 0 Å². The van der Waals surface area contributed by atoms with Crippen LogP contribution in [0.5, 0.6) is 0 Å². The third-order valence-electron chi connectivity index (χ3n) is 3.49. The zero-order valence-electron chi connectivity index (χ0n) is 10.3. The minimum atomic E-state index is -0.270. The molecule has 1 heterocycles. The fourth-order valence-corrected chi connectivity index (χ4v) is 2.52. The van der Waals surface area contributed by atoms with Gasteiger partial charge in [0.1, 0.15) is 0 Å². The van der Waals surface area contributed by atoms with Crippen LogP contribution in [-0.2, 0) is 6.42 Å². The van der Waals surface area contributed by atoms with Crippen LogP contribution in [0.1, 0.15) is 12.0 Å². The molecule has 2 rings (SSSR count). The van der Waals surface area contributed by atoms with E-state index < -0.39 is 0 Å². The molecule has 0 saturated carbocycles. The maximum atomic E-state index is 10.0. The van der Waals surface area contributed by atoms with Crippen LogP contribution in [-0.4, -0.2) is 42.3 Å². The second kappa shape index (κ2) is 6.15. The van der Waals surface area contributed by atoms with E-state index in [1.807, 2.05) is 18.2 Å². The van der Waals surface area contributed by atoms with Gasteiger partial charge in [-0.15, -0.1) is 0 Å². The van der Waals surface area contributed by atoms with Crippen LogP contribution in [0.4, 0.5) is 0 Å². The standard InChI is InChI=1S/C14H22N2O/c15-9-13-6-7-16(10-13)11-14(17)8-12-4-2-1-3-5-12/h1-5,13-14,17H,6-11,15H2. The molecule has 0 radical (unpaired) electrons. The molecule has 0 bridgehead atoms. The van der Waals surface area contributed by atoms with Crippen molar-refractivity contribution in [3.8, 4) is 0 Å². The van der Waals surface area contributed by atoms with Crippen molar-refractivity contribution in [1.82, 2.24) is 4.90 Å². The van der Waals surface area contributed by atoms with Crippen molar-refractivity contribution in [2.24, 2.45) is 11.7 Å². The lowest BCUT2D eigenvalue weighted by Crippen LogP contribution is -2.32. The summed E-state index contributed by atoms with van der Waals surface area (Å²) in [6, 6.07) is 10.2. The van der Waals surface area contributed by atoms with E-state index in [9.17, 15) is 5.11 Å². The number of rotatable bonds is 5. The van der Waals surface area contributed by atoms with Crippen LogP contribution in [0.2, 0.25) is 0 Å². The van der Waals surface area contributed by atoms with Crippen LogP contribution < -0.4 is 5.73 Å². The Bertz CT molecular complexity index is 328. The Morgan fingerprint density at radius 1 is 1.35 bits per heavy atom. The Hall–Kier alpha value is -0.900. The molecule has 1 aliphatic rings. The topological polar surface area (TPSA) is 49.5 Å². The predicted molar refractivity (Wildman–Crippen MR) is 69.8 cm³/mol. The summed E-state index contributed by atoms with van der Waals surface area (Å²) in [5.41, 5.74) is 6.86. The zero-order valence-corrected chi connectivity index (χ0v) is 10.3. The summed E-state index contributed by atoms with van der Waals surface area (Å²) >= 11 is 0. The predicted octanol–water partition coefficient (Wildman–Crippen LogP) is 0.871. The van der Waals surface area contributed by atoms with E-state index in [-0.39, 0.29) is 6.10 Å². The number of hydrogen-bond donors (Lipinski definition) is 2. The summed E-state index contributed by atoms with van der Waals surface area (Å²) < 4.78 is 0. The molecule has 2 unspecified atom stereocenters. The first-order valence-electron chi connectivity index (χ1n) is 6.42. The van der Waals surface area contributed by atoms with Gasteiger partial charge in [-0.1, -0.05) is 30.3 Å². The Labute approximate surface area is 103 Å². The Kier molecular flexibility index (Phi) is 4.54. The highest BCUT2D eigenvalue weighted by atomic mass is 16.3. The number of hydrogen-bond acceptors (Lipinski definition) is 3. The second-order valence-corrected chi connectivity index (χ2v) is 4.99. The molecule has 3 N–H and O–H groups in total. The molecule has 0 aromatic heterocycles. The van der Waals surface area contributed by atoms with Gasteiger partial charge in [-0.25, -0.2) is 0 Å². The summed E-state index contributed by atoms with van der Waals surface area (Å²) in [5.74, 6) is 0.624. The van der Waals surface area contributed by atoms with Gasteiger partial charge in [0.05, 0.1) is 6.10 Å². The Morgan fingerprint density at radius 3 is 2.76 bits per heavy atom. The van der Waals surface area contributed by atoms with Crippen LogP contribution in [0.25, 0.3) is 0 Å². The highest BCUT2D eigenvalue weighted by Crippen LogP contribution is 2.15. The van der Waals surface area contributed by atoms with E-state index in [1.54, 1.807) is 0 Å². The average Bonchev–Trinajstić information content (AvgIpc) is 2.78. The zero-order chi connectivity index (χ0) is 12.1. The summed E-state index contributed by atoms with van der Waals surface area (Å²) in [6.07, 6.45) is 1.65. The van der Waals surface area contributed by atoms with E-state index >= 15 is 0 Å². The van der Waals surface area contributed by atoms with Gasteiger partial charge in [0, 0.05) is 13.1 Å². The molecule has 1 saturated heterocycles. The van der Waals surface area contributed by atoms with Crippen molar-refractivity contribution in [1.29, 1.82) is 0 Å². The molecule has 0 amide bonds. The number of aliphatic hydroxyl groups excluding tert-OH is 1. The lowest BCUT2D eigenvalue weighted by atomic mass is 10.1. The molecule has 3 heteroatoms. The van der Waals surface area contributed by atoms with E-state index in [1.165, 1.54) is 12.0 Å². The van der Waals surface area contributed by atoms with Gasteiger partial charge in [-0.3, -0.25) is 0 Å². The quantitative estimate of drug-likeness (QED) is 0.795. The molecule has 3 nitrogen and oxygen atoms in total. The number of likely N-dealkylation sites (tertiary alicyclic amines) is 1. The minimum Gasteiger partial charge on any atom is -0.391 e. The number of nitrogens with two attached hydrogens (primary N) is 1. The summed E-state index contributed by atoms with van der Waals surface area (Å²) in [6.45, 7) is 3.66. The van der Waals surface area contributed by atoms with Crippen molar-refractivity contribution in [3.63, 3.8) is 0 Å². The first kappa shape index (κ1) is 12.6. The molecule has 0 aliphatic carbocycles. The number of nitrogens with zero attached hydrogens (tertiary/aromatic N) is 1. The van der Waals surface area contributed by atoms with Crippen LogP contribution in [0.3, 0.4) is 0 Å². The summed E-state index contributed by atoms with van der Waals surface area (Å²) in [7, 11) is 0. The van der Waals surface area contributed by atoms with Crippen molar-refractivity contribution in [2.45, 2.75) is 18.9 Å². The molecule has 1 aromatic carbocycles. The third kappa shape index (κ3) is 3.80. The monoisotopic (exact) mass is 234 g/mol. The van der Waals surface area contributed by atoms with Crippen molar-refractivity contribution < 1.29 is 5.11 Å². The van der Waals surface area contributed by atoms with E-state index in [0.717, 1.165) is 32.6 Å². The molecule has 17 heavy (non-hydrogen) atoms. The van der Waals surface area contributed by atoms with Gasteiger partial charge < -0.3 is 15.7 Å². The fourth-order valence-electron chi connectivity index (χ4n) is 2.52. The van der Waals surface area contributed by atoms with Gasteiger partial charge in [0.2, 0.25) is 0 Å². The number of benzene rings is 1. The molecular weight excluding hydrogens is 212 g/mol. The molecule has 1 aliphatic heterocycles. The second-order valence-electron chi connectivity index (χ2n) is 4.99. The van der Waals surface area contributed by atoms with E-state index in [0.29, 0.717) is 5.92 Å². The maximum Gasteiger partial charge on any atom is 0.0707 e. The van der Waals surface area contributed by atoms with Crippen molar-refractivity contribution >= 4 is 0 Å². The highest BCUT2D eigenvalue weighted by Gasteiger charge is 2.22. The maximum absolute atomic E-state index is 10.0.